The Kier molecular flexibility index (Phi) is 11.4. The maximum Gasteiger partial charge on any atom is 0.266 e. The summed E-state index contributed by atoms with van der Waals surface area (Å²) >= 11 is 0. The van der Waals surface area contributed by atoms with Gasteiger partial charge in [0, 0.05) is 13.3 Å². The molecule has 2 aromatic carbocycles. The van der Waals surface area contributed by atoms with E-state index in [1.54, 1.807) is 20.8 Å². The first-order valence-corrected chi connectivity index (χ1v) is 14.9. The van der Waals surface area contributed by atoms with Crippen molar-refractivity contribution in [1.82, 2.24) is 26.3 Å². The number of hydrogen-bond acceptors (Lipinski definition) is 7. The maximum atomic E-state index is 13.3. The average Bonchev–Trinajstić information content (AvgIpc) is 3.43. The molecule has 1 aromatic heterocycles. The average molecular weight is 606 g/mol. The molecule has 11 nitrogen and oxygen atoms in total. The Morgan fingerprint density at radius 1 is 0.773 bits per heavy atom. The Morgan fingerprint density at radius 3 is 1.98 bits per heavy atom. The van der Waals surface area contributed by atoms with Crippen molar-refractivity contribution in [1.29, 1.82) is 0 Å². The van der Waals surface area contributed by atoms with Crippen molar-refractivity contribution in [2.45, 2.75) is 92.4 Å². The quantitative estimate of drug-likeness (QED) is 0.218. The molecular weight excluding hydrogens is 562 g/mol. The van der Waals surface area contributed by atoms with Crippen LogP contribution < -0.4 is 21.3 Å². The molecule has 4 atom stereocenters. The lowest BCUT2D eigenvalue weighted by Gasteiger charge is -2.27. The van der Waals surface area contributed by atoms with Crippen LogP contribution in [0, 0.1) is 26.7 Å². The van der Waals surface area contributed by atoms with Crippen LogP contribution in [0.1, 0.15) is 74.0 Å². The highest BCUT2D eigenvalue weighted by Crippen LogP contribution is 2.23. The Balaban J connectivity index is 1.66. The molecule has 4 N–H and O–H groups in total. The van der Waals surface area contributed by atoms with E-state index in [9.17, 15) is 24.0 Å². The lowest BCUT2D eigenvalue weighted by atomic mass is 10.00. The van der Waals surface area contributed by atoms with Crippen molar-refractivity contribution in [3.05, 3.63) is 64.5 Å². The van der Waals surface area contributed by atoms with Crippen LogP contribution in [0.15, 0.2) is 40.8 Å². The van der Waals surface area contributed by atoms with Gasteiger partial charge in [0.2, 0.25) is 29.4 Å². The molecule has 0 bridgehead atoms. The van der Waals surface area contributed by atoms with Crippen molar-refractivity contribution in [2.75, 3.05) is 0 Å². The maximum absolute atomic E-state index is 13.3. The Bertz CT molecular complexity index is 1490. The van der Waals surface area contributed by atoms with Gasteiger partial charge in [-0.15, -0.1) is 0 Å². The zero-order valence-electron chi connectivity index (χ0n) is 26.7. The van der Waals surface area contributed by atoms with Crippen molar-refractivity contribution in [3.8, 4) is 0 Å². The zero-order valence-corrected chi connectivity index (χ0v) is 26.7. The second kappa shape index (κ2) is 14.8. The third kappa shape index (κ3) is 8.52. The second-order valence-corrected chi connectivity index (χ2v) is 11.6. The monoisotopic (exact) mass is 605 g/mol. The topological polar surface area (TPSA) is 160 Å². The van der Waals surface area contributed by atoms with Gasteiger partial charge in [0.05, 0.1) is 6.04 Å². The molecule has 3 aromatic rings. The van der Waals surface area contributed by atoms with Crippen LogP contribution in [0.5, 0.6) is 0 Å². The van der Waals surface area contributed by atoms with Gasteiger partial charge in [0.25, 0.3) is 5.89 Å². The van der Waals surface area contributed by atoms with Gasteiger partial charge >= 0.3 is 0 Å². The van der Waals surface area contributed by atoms with Crippen LogP contribution in [0.25, 0.3) is 11.1 Å². The van der Waals surface area contributed by atoms with Gasteiger partial charge in [0.15, 0.2) is 5.58 Å². The molecule has 11 heteroatoms. The van der Waals surface area contributed by atoms with E-state index in [0.29, 0.717) is 11.1 Å². The molecule has 1 heterocycles. The number of hydrogen-bond donors (Lipinski definition) is 4. The molecule has 0 spiro atoms. The summed E-state index contributed by atoms with van der Waals surface area (Å²) < 4.78 is 5.76. The Morgan fingerprint density at radius 2 is 1.41 bits per heavy atom. The number of Topliss-reactive ketones (excluding diaryl/α,β-unsaturated/α-hetero) is 1. The number of carbonyl (C=O) groups excluding carboxylic acids is 5. The van der Waals surface area contributed by atoms with Gasteiger partial charge in [-0.1, -0.05) is 62.7 Å². The number of oxazole rings is 1. The highest BCUT2D eigenvalue weighted by Gasteiger charge is 2.32. The summed E-state index contributed by atoms with van der Waals surface area (Å²) in [5, 5.41) is 10.7. The molecule has 0 fully saturated rings. The molecule has 0 saturated heterocycles. The predicted octanol–water partition coefficient (Wildman–Crippen LogP) is 3.22. The number of amides is 4. The third-order valence-corrected chi connectivity index (χ3v) is 7.45. The Hall–Kier alpha value is -4.54. The number of fused-ring (bicyclic) bond motifs is 1. The summed E-state index contributed by atoms with van der Waals surface area (Å²) in [5.41, 5.74) is 4.75. The molecule has 44 heavy (non-hydrogen) atoms. The number of ketones is 1. The van der Waals surface area contributed by atoms with E-state index in [-0.39, 0.29) is 30.6 Å². The van der Waals surface area contributed by atoms with Crippen molar-refractivity contribution in [2.24, 2.45) is 5.92 Å². The number of rotatable bonds is 13. The number of benzene rings is 2. The fourth-order valence-corrected chi connectivity index (χ4v) is 4.74. The van der Waals surface area contributed by atoms with Gasteiger partial charge in [-0.3, -0.25) is 24.0 Å². The molecule has 0 unspecified atom stereocenters. The van der Waals surface area contributed by atoms with E-state index in [2.05, 4.69) is 26.3 Å². The van der Waals surface area contributed by atoms with Gasteiger partial charge in [0.1, 0.15) is 23.6 Å². The molecule has 236 valence electrons. The fraction of sp³-hybridized carbons (Fsp3) is 0.455. The van der Waals surface area contributed by atoms with Crippen LogP contribution in [0.4, 0.5) is 0 Å². The summed E-state index contributed by atoms with van der Waals surface area (Å²) in [7, 11) is 0. The highest BCUT2D eigenvalue weighted by molar-refractivity contribution is 6.01. The summed E-state index contributed by atoms with van der Waals surface area (Å²) in [6.45, 7) is 13.8. The molecule has 4 amide bonds. The van der Waals surface area contributed by atoms with Crippen LogP contribution in [0.3, 0.4) is 0 Å². The molecule has 0 aliphatic heterocycles. The first-order chi connectivity index (χ1) is 20.7. The van der Waals surface area contributed by atoms with Crippen LogP contribution >= 0.6 is 0 Å². The first-order valence-electron chi connectivity index (χ1n) is 14.9. The van der Waals surface area contributed by atoms with Gasteiger partial charge in [-0.25, -0.2) is 4.98 Å². The highest BCUT2D eigenvalue weighted by atomic mass is 16.4. The molecule has 0 radical (unpaired) electrons. The van der Waals surface area contributed by atoms with Gasteiger partial charge < -0.3 is 25.7 Å². The van der Waals surface area contributed by atoms with Gasteiger partial charge in [-0.2, -0.15) is 0 Å². The fourth-order valence-electron chi connectivity index (χ4n) is 4.74. The normalized spacial score (nSPS) is 13.9. The van der Waals surface area contributed by atoms with E-state index >= 15 is 0 Å². The van der Waals surface area contributed by atoms with Crippen LogP contribution in [-0.4, -0.2) is 58.6 Å². The van der Waals surface area contributed by atoms with E-state index < -0.39 is 47.7 Å². The summed E-state index contributed by atoms with van der Waals surface area (Å²) in [4.78, 5) is 69.0. The lowest BCUT2D eigenvalue weighted by molar-refractivity contribution is -0.134. The van der Waals surface area contributed by atoms with E-state index in [4.69, 9.17) is 4.42 Å². The van der Waals surface area contributed by atoms with Gasteiger partial charge in [-0.05, 0) is 56.7 Å². The van der Waals surface area contributed by atoms with Crippen LogP contribution in [0.2, 0.25) is 0 Å². The molecule has 0 aliphatic carbocycles. The van der Waals surface area contributed by atoms with Crippen molar-refractivity contribution in [3.63, 3.8) is 0 Å². The minimum Gasteiger partial charge on any atom is -0.433 e. The van der Waals surface area contributed by atoms with E-state index in [1.165, 1.54) is 13.8 Å². The molecule has 0 aliphatic rings. The van der Waals surface area contributed by atoms with Crippen LogP contribution in [-0.2, 0) is 25.6 Å². The molecule has 3 rings (SSSR count). The van der Waals surface area contributed by atoms with Crippen molar-refractivity contribution < 1.29 is 28.4 Å². The molecule has 0 saturated carbocycles. The predicted molar refractivity (Wildman–Crippen MR) is 167 cm³/mol. The minimum absolute atomic E-state index is 0.0943. The summed E-state index contributed by atoms with van der Waals surface area (Å²) in [5.74, 6) is -2.95. The lowest BCUT2D eigenvalue weighted by Crippen LogP contribution is -2.58. The standard InChI is InChI=1S/C33H43N5O6/c1-9-24(28(40)33-38-27-19(5)12-13-20(6)29(27)44-33)36-30(41)21(7)34-32(43)26(17(2)3)37-31(42)25(35-22(8)39)16-23-14-10-18(4)11-15-23/h10-15,17,21,24-26H,9,16H2,1-8H3,(H,34,43)(H,35,39)(H,36,41)(H,37,42)/t21-,24+,25-,26+/m0/s1. The first kappa shape index (κ1) is 34.0. The smallest absolute Gasteiger partial charge is 0.266 e. The largest absolute Gasteiger partial charge is 0.433 e. The number of aromatic nitrogens is 1. The van der Waals surface area contributed by atoms with E-state index in [0.717, 1.165) is 22.3 Å². The molecular formula is C33H43N5O6. The summed E-state index contributed by atoms with van der Waals surface area (Å²) in [6, 6.07) is 7.55. The Labute approximate surface area is 257 Å². The third-order valence-electron chi connectivity index (χ3n) is 7.45. The van der Waals surface area contributed by atoms with E-state index in [1.807, 2.05) is 57.2 Å². The SMILES string of the molecule is CC[C@@H](NC(=O)[C@H](C)NC(=O)[C@H](NC(=O)[C@H](Cc1ccc(C)cc1)NC(C)=O)C(C)C)C(=O)c1nc2c(C)ccc(C)c2o1. The minimum atomic E-state index is -1.02. The number of aryl methyl sites for hydroxylation is 3. The zero-order chi connectivity index (χ0) is 32.7. The number of carbonyl (C=O) groups is 5. The van der Waals surface area contributed by atoms with Crippen molar-refractivity contribution >= 4 is 40.5 Å². The summed E-state index contributed by atoms with van der Waals surface area (Å²) in [6.07, 6.45) is 0.515. The number of nitrogens with zero attached hydrogens (tertiary/aromatic N) is 1. The number of nitrogens with one attached hydrogen (secondary N) is 4. The second-order valence-electron chi connectivity index (χ2n) is 11.6.